The van der Waals surface area contributed by atoms with E-state index in [4.69, 9.17) is 4.74 Å². The Balaban J connectivity index is 1.13. The lowest BCUT2D eigenvalue weighted by atomic mass is 9.77. The smallest absolute Gasteiger partial charge is 0.0724 e. The number of nitrogens with zero attached hydrogens (tertiary/aromatic N) is 1. The van der Waals surface area contributed by atoms with Crippen LogP contribution in [-0.4, -0.2) is 53.1 Å². The third kappa shape index (κ3) is 5.38. The van der Waals surface area contributed by atoms with Crippen molar-refractivity contribution >= 4 is 0 Å². The second-order valence-electron chi connectivity index (χ2n) is 9.83. The third-order valence-corrected chi connectivity index (χ3v) is 7.38. The first-order valence-corrected chi connectivity index (χ1v) is 11.8. The van der Waals surface area contributed by atoms with Crippen LogP contribution < -0.4 is 0 Å². The van der Waals surface area contributed by atoms with Gasteiger partial charge in [0.1, 0.15) is 0 Å². The molecular weight excluding hydrogens is 386 g/mol. The van der Waals surface area contributed by atoms with E-state index in [0.29, 0.717) is 13.2 Å². The van der Waals surface area contributed by atoms with E-state index in [-0.39, 0.29) is 23.7 Å². The summed E-state index contributed by atoms with van der Waals surface area (Å²) in [5.74, 6) is 0. The number of hydrogen-bond donors (Lipinski definition) is 2. The van der Waals surface area contributed by atoms with E-state index >= 15 is 0 Å². The molecule has 1 saturated heterocycles. The Hall–Kier alpha value is -1.72. The standard InChI is InChI=1S/C27H37NO3/c1-26(21-29)20-27(14-15-27)25(30)18-28(26)16-6-3-7-17-31-19-22-10-12-24(13-11-22)23-8-4-2-5-9-23/h2,4-5,8-13,25,29-30H,3,6-7,14-21H2,1H3/t25-,26?/m0/s1. The molecule has 2 fully saturated rings. The predicted molar refractivity (Wildman–Crippen MR) is 125 cm³/mol. The van der Waals surface area contributed by atoms with Gasteiger partial charge < -0.3 is 14.9 Å². The second kappa shape index (κ2) is 9.83. The topological polar surface area (TPSA) is 52.9 Å². The average Bonchev–Trinajstić information content (AvgIpc) is 3.57. The number of rotatable bonds is 10. The van der Waals surface area contributed by atoms with Crippen molar-refractivity contribution in [1.82, 2.24) is 4.90 Å². The van der Waals surface area contributed by atoms with Crippen molar-refractivity contribution in [2.45, 2.75) is 63.7 Å². The van der Waals surface area contributed by atoms with Crippen LogP contribution in [0.1, 0.15) is 51.0 Å². The quantitative estimate of drug-likeness (QED) is 0.547. The van der Waals surface area contributed by atoms with Crippen molar-refractivity contribution in [2.75, 3.05) is 26.3 Å². The highest BCUT2D eigenvalue weighted by atomic mass is 16.5. The first kappa shape index (κ1) is 22.5. The Labute approximate surface area is 186 Å². The minimum Gasteiger partial charge on any atom is -0.394 e. The fraction of sp³-hybridized carbons (Fsp3) is 0.556. The number of benzene rings is 2. The first-order valence-electron chi connectivity index (χ1n) is 11.8. The highest BCUT2D eigenvalue weighted by Crippen LogP contribution is 2.57. The van der Waals surface area contributed by atoms with Crippen LogP contribution in [0, 0.1) is 5.41 Å². The van der Waals surface area contributed by atoms with Gasteiger partial charge in [-0.2, -0.15) is 0 Å². The van der Waals surface area contributed by atoms with Gasteiger partial charge >= 0.3 is 0 Å². The lowest BCUT2D eigenvalue weighted by Crippen LogP contribution is -2.60. The summed E-state index contributed by atoms with van der Waals surface area (Å²) >= 11 is 0. The average molecular weight is 424 g/mol. The van der Waals surface area contributed by atoms with Crippen LogP contribution >= 0.6 is 0 Å². The van der Waals surface area contributed by atoms with Gasteiger partial charge in [0, 0.05) is 18.7 Å². The van der Waals surface area contributed by atoms with Gasteiger partial charge in [0.05, 0.1) is 19.3 Å². The van der Waals surface area contributed by atoms with Gasteiger partial charge in [-0.25, -0.2) is 0 Å². The lowest BCUT2D eigenvalue weighted by Gasteiger charge is -2.49. The number of piperidine rings is 1. The molecule has 0 radical (unpaired) electrons. The van der Waals surface area contributed by atoms with Crippen LogP contribution in [0.4, 0.5) is 0 Å². The van der Waals surface area contributed by atoms with E-state index in [2.05, 4.69) is 60.4 Å². The summed E-state index contributed by atoms with van der Waals surface area (Å²) in [7, 11) is 0. The van der Waals surface area contributed by atoms with E-state index in [1.54, 1.807) is 0 Å². The molecule has 0 aromatic heterocycles. The fourth-order valence-electron chi connectivity index (χ4n) is 5.10. The Morgan fingerprint density at radius 3 is 2.35 bits per heavy atom. The molecule has 2 aromatic rings. The molecule has 1 aliphatic carbocycles. The van der Waals surface area contributed by atoms with Crippen LogP contribution in [0.5, 0.6) is 0 Å². The molecule has 2 aliphatic rings. The van der Waals surface area contributed by atoms with Crippen molar-refractivity contribution in [2.24, 2.45) is 5.41 Å². The first-order chi connectivity index (χ1) is 15.0. The summed E-state index contributed by atoms with van der Waals surface area (Å²) in [6.07, 6.45) is 6.13. The molecule has 1 aliphatic heterocycles. The van der Waals surface area contributed by atoms with Gasteiger partial charge in [-0.1, -0.05) is 54.6 Å². The summed E-state index contributed by atoms with van der Waals surface area (Å²) in [4.78, 5) is 2.32. The van der Waals surface area contributed by atoms with Gasteiger partial charge in [0.25, 0.3) is 0 Å². The summed E-state index contributed by atoms with van der Waals surface area (Å²) in [6, 6.07) is 19.0. The van der Waals surface area contributed by atoms with E-state index in [0.717, 1.165) is 51.7 Å². The minimum absolute atomic E-state index is 0.0983. The molecule has 4 nitrogen and oxygen atoms in total. The molecule has 4 heteroatoms. The largest absolute Gasteiger partial charge is 0.394 e. The Morgan fingerprint density at radius 1 is 0.968 bits per heavy atom. The number of hydrogen-bond acceptors (Lipinski definition) is 4. The molecule has 31 heavy (non-hydrogen) atoms. The molecule has 1 heterocycles. The van der Waals surface area contributed by atoms with E-state index < -0.39 is 0 Å². The Bertz CT molecular complexity index is 818. The number of β-amino-alcohol motifs (C(OH)–C–C–N with tert-alkyl or cyclic N) is 1. The number of likely N-dealkylation sites (tertiary alicyclic amines) is 1. The van der Waals surface area contributed by atoms with Crippen LogP contribution in [0.2, 0.25) is 0 Å². The SMILES string of the molecule is CC1(CO)CC2(CC2)[C@@H](O)CN1CCCCCOCc1ccc(-c2ccccc2)cc1. The number of aliphatic hydroxyl groups is 2. The van der Waals surface area contributed by atoms with Crippen LogP contribution in [0.3, 0.4) is 0 Å². The van der Waals surface area contributed by atoms with Crippen LogP contribution in [-0.2, 0) is 11.3 Å². The predicted octanol–water partition coefficient (Wildman–Crippen LogP) is 4.64. The molecule has 2 atom stereocenters. The third-order valence-electron chi connectivity index (χ3n) is 7.38. The molecule has 0 amide bonds. The summed E-state index contributed by atoms with van der Waals surface area (Å²) in [6.45, 7) is 5.39. The Kier molecular flexibility index (Phi) is 7.12. The molecule has 2 aromatic carbocycles. The number of ether oxygens (including phenoxy) is 1. The van der Waals surface area contributed by atoms with Gasteiger partial charge in [0.15, 0.2) is 0 Å². The van der Waals surface area contributed by atoms with Crippen LogP contribution in [0.15, 0.2) is 54.6 Å². The van der Waals surface area contributed by atoms with Gasteiger partial charge in [-0.15, -0.1) is 0 Å². The molecule has 1 spiro atoms. The van der Waals surface area contributed by atoms with Crippen molar-refractivity contribution in [1.29, 1.82) is 0 Å². The van der Waals surface area contributed by atoms with Gasteiger partial charge in [-0.3, -0.25) is 4.90 Å². The molecule has 0 bridgehead atoms. The van der Waals surface area contributed by atoms with Crippen molar-refractivity contribution in [3.63, 3.8) is 0 Å². The van der Waals surface area contributed by atoms with Gasteiger partial charge in [0.2, 0.25) is 0 Å². The summed E-state index contributed by atoms with van der Waals surface area (Å²) < 4.78 is 5.88. The zero-order valence-corrected chi connectivity index (χ0v) is 18.8. The maximum absolute atomic E-state index is 10.5. The van der Waals surface area contributed by atoms with E-state index in [1.807, 2.05) is 6.07 Å². The monoisotopic (exact) mass is 423 g/mol. The van der Waals surface area contributed by atoms with E-state index in [1.165, 1.54) is 16.7 Å². The zero-order valence-electron chi connectivity index (χ0n) is 18.8. The fourth-order valence-corrected chi connectivity index (χ4v) is 5.10. The van der Waals surface area contributed by atoms with Crippen molar-refractivity contribution < 1.29 is 14.9 Å². The molecule has 168 valence electrons. The maximum Gasteiger partial charge on any atom is 0.0724 e. The highest BCUT2D eigenvalue weighted by Gasteiger charge is 2.57. The zero-order chi connectivity index (χ0) is 21.7. The maximum atomic E-state index is 10.5. The molecule has 1 unspecified atom stereocenters. The molecule has 1 saturated carbocycles. The minimum atomic E-state index is -0.233. The van der Waals surface area contributed by atoms with Crippen molar-refractivity contribution in [3.8, 4) is 11.1 Å². The molecule has 2 N–H and O–H groups in total. The second-order valence-corrected chi connectivity index (χ2v) is 9.83. The normalized spacial score (nSPS) is 25.1. The summed E-state index contributed by atoms with van der Waals surface area (Å²) in [5.41, 5.74) is 3.59. The van der Waals surface area contributed by atoms with Crippen molar-refractivity contribution in [3.05, 3.63) is 60.2 Å². The van der Waals surface area contributed by atoms with E-state index in [9.17, 15) is 10.2 Å². The Morgan fingerprint density at radius 2 is 1.68 bits per heavy atom. The van der Waals surface area contributed by atoms with Gasteiger partial charge in [-0.05, 0) is 74.1 Å². The molecule has 4 rings (SSSR count). The number of aliphatic hydroxyl groups excluding tert-OH is 2. The highest BCUT2D eigenvalue weighted by molar-refractivity contribution is 5.63. The number of unbranched alkanes of at least 4 members (excludes halogenated alkanes) is 2. The molecular formula is C27H37NO3. The van der Waals surface area contributed by atoms with Crippen LogP contribution in [0.25, 0.3) is 11.1 Å². The summed E-state index contributed by atoms with van der Waals surface area (Å²) in [5, 5.41) is 20.5. The lowest BCUT2D eigenvalue weighted by molar-refractivity contribution is -0.0823.